The van der Waals surface area contributed by atoms with Gasteiger partial charge >= 0.3 is 5.97 Å². The normalized spacial score (nSPS) is 13.5. The van der Waals surface area contributed by atoms with E-state index in [4.69, 9.17) is 10.1 Å². The number of halogens is 1. The highest BCUT2D eigenvalue weighted by Gasteiger charge is 2.25. The monoisotopic (exact) mass is 509 g/mol. The second kappa shape index (κ2) is 11.6. The second-order valence-corrected chi connectivity index (χ2v) is 10.8. The molecule has 3 N–H and O–H groups in total. The molecular weight excluding hydrogens is 480 g/mol. The van der Waals surface area contributed by atoms with Gasteiger partial charge < -0.3 is 15.1 Å². The predicted molar refractivity (Wildman–Crippen MR) is 138 cm³/mol. The summed E-state index contributed by atoms with van der Waals surface area (Å²) in [6, 6.07) is 15.6. The van der Waals surface area contributed by atoms with Gasteiger partial charge in [-0.25, -0.2) is 4.39 Å². The molecule has 0 radical (unpaired) electrons. The zero-order valence-electron chi connectivity index (χ0n) is 20.4. The topological polar surface area (TPSA) is 108 Å². The highest BCUT2D eigenvalue weighted by Crippen LogP contribution is 2.42. The number of hydrogen-bond acceptors (Lipinski definition) is 4. The maximum atomic E-state index is 13.8. The Kier molecular flexibility index (Phi) is 8.81. The lowest BCUT2D eigenvalue weighted by atomic mass is 9.87. The van der Waals surface area contributed by atoms with Crippen LogP contribution in [-0.2, 0) is 15.8 Å². The molecule has 0 aliphatic rings. The molecule has 2 unspecified atom stereocenters. The van der Waals surface area contributed by atoms with E-state index in [2.05, 4.69) is 11.6 Å². The number of aromatic nitrogens is 1. The number of hydrogen-bond donors (Lipinski definition) is 3. The summed E-state index contributed by atoms with van der Waals surface area (Å²) < 4.78 is 26.5. The first-order valence-electron chi connectivity index (χ1n) is 11.7. The quantitative estimate of drug-likeness (QED) is 0.267. The van der Waals surface area contributed by atoms with Gasteiger partial charge in [-0.05, 0) is 41.3 Å². The van der Waals surface area contributed by atoms with Gasteiger partial charge in [0.05, 0.1) is 35.6 Å². The van der Waals surface area contributed by atoms with Crippen LogP contribution in [0.4, 0.5) is 4.39 Å². The molecule has 0 amide bonds. The summed E-state index contributed by atoms with van der Waals surface area (Å²) in [4.78, 5) is 26.2. The van der Waals surface area contributed by atoms with E-state index in [9.17, 15) is 23.7 Å². The number of nitrogens with zero attached hydrogens (tertiary/aromatic N) is 1. The fourth-order valence-electron chi connectivity index (χ4n) is 4.04. The van der Waals surface area contributed by atoms with Gasteiger partial charge in [0.15, 0.2) is 0 Å². The van der Waals surface area contributed by atoms with Crippen LogP contribution in [0.5, 0.6) is 0 Å². The first-order valence-corrected chi connectivity index (χ1v) is 13.5. The molecular formula is C28H29FNO5P. The number of carboxylic acid groups (broad SMARTS) is 1. The first kappa shape index (κ1) is 27.3. The van der Waals surface area contributed by atoms with Crippen molar-refractivity contribution in [2.75, 3.05) is 6.16 Å². The van der Waals surface area contributed by atoms with Gasteiger partial charge in [0.25, 0.3) is 7.37 Å². The standard InChI is InChI=1S/C28H29FNO5P/c1-4-23-26(19-10-12-21(29)13-11-19)24(14-15-36(34,35)17-22(31)16-25(32)33)27(18(2)3)30-28(23)20-8-6-5-7-9-20/h5-13,18,22,31H,4,16-17H2,1-3H3,(H,32,33)(H,34,35). The molecule has 8 heteroatoms. The number of aliphatic hydroxyl groups is 1. The Hall–Kier alpha value is -3.30. The molecule has 36 heavy (non-hydrogen) atoms. The Bertz CT molecular complexity index is 1340. The number of rotatable bonds is 8. The fraction of sp³-hybridized carbons (Fsp3) is 0.286. The van der Waals surface area contributed by atoms with Crippen molar-refractivity contribution in [1.29, 1.82) is 0 Å². The zero-order chi connectivity index (χ0) is 26.5. The zero-order valence-corrected chi connectivity index (χ0v) is 21.3. The van der Waals surface area contributed by atoms with E-state index in [1.807, 2.05) is 51.1 Å². The molecule has 0 aliphatic carbocycles. The summed E-state index contributed by atoms with van der Waals surface area (Å²) in [6.45, 7) is 5.86. The lowest BCUT2D eigenvalue weighted by molar-refractivity contribution is -0.138. The van der Waals surface area contributed by atoms with Crippen LogP contribution >= 0.6 is 7.37 Å². The SMILES string of the molecule is CCc1c(-c2ccccc2)nc(C(C)C)c(C#CP(=O)(O)CC(O)CC(=O)O)c1-c1ccc(F)cc1. The Morgan fingerprint density at radius 3 is 2.28 bits per heavy atom. The van der Waals surface area contributed by atoms with Crippen molar-refractivity contribution in [1.82, 2.24) is 4.98 Å². The summed E-state index contributed by atoms with van der Waals surface area (Å²) >= 11 is 0. The number of carbonyl (C=O) groups is 1. The molecule has 3 aromatic rings. The van der Waals surface area contributed by atoms with Crippen LogP contribution in [0.1, 0.15) is 49.9 Å². The predicted octanol–water partition coefficient (Wildman–Crippen LogP) is 5.66. The van der Waals surface area contributed by atoms with Gasteiger partial charge in [0.2, 0.25) is 0 Å². The van der Waals surface area contributed by atoms with Crippen LogP contribution in [0, 0.1) is 17.4 Å². The Labute approximate surface area is 210 Å². The van der Waals surface area contributed by atoms with E-state index in [1.165, 1.54) is 12.1 Å². The van der Waals surface area contributed by atoms with E-state index in [0.717, 1.165) is 16.8 Å². The molecule has 2 atom stereocenters. The van der Waals surface area contributed by atoms with Gasteiger partial charge in [-0.2, -0.15) is 0 Å². The average Bonchev–Trinajstić information content (AvgIpc) is 2.81. The Morgan fingerprint density at radius 1 is 1.08 bits per heavy atom. The van der Waals surface area contributed by atoms with Crippen LogP contribution in [0.25, 0.3) is 22.4 Å². The van der Waals surface area contributed by atoms with Gasteiger partial charge in [0, 0.05) is 11.1 Å². The molecule has 2 aromatic carbocycles. The van der Waals surface area contributed by atoms with E-state index in [0.29, 0.717) is 28.8 Å². The molecule has 3 rings (SSSR count). The number of pyridine rings is 1. The van der Waals surface area contributed by atoms with Crippen LogP contribution in [0.3, 0.4) is 0 Å². The third-order valence-corrected chi connectivity index (χ3v) is 7.01. The summed E-state index contributed by atoms with van der Waals surface area (Å²) in [5, 5.41) is 18.7. The maximum Gasteiger partial charge on any atom is 0.305 e. The minimum atomic E-state index is -4.20. The molecule has 0 saturated heterocycles. The van der Waals surface area contributed by atoms with Gasteiger partial charge in [-0.1, -0.05) is 69.2 Å². The molecule has 1 heterocycles. The van der Waals surface area contributed by atoms with Crippen molar-refractivity contribution >= 4 is 13.3 Å². The molecule has 6 nitrogen and oxygen atoms in total. The molecule has 0 spiro atoms. The number of aliphatic carboxylic acids is 1. The summed E-state index contributed by atoms with van der Waals surface area (Å²) in [5.74, 6) is 1.09. The van der Waals surface area contributed by atoms with Gasteiger partial charge in [-0.3, -0.25) is 14.3 Å². The van der Waals surface area contributed by atoms with Crippen molar-refractivity contribution < 1.29 is 28.9 Å². The first-order chi connectivity index (χ1) is 17.0. The van der Waals surface area contributed by atoms with Crippen LogP contribution < -0.4 is 0 Å². The van der Waals surface area contributed by atoms with E-state index >= 15 is 0 Å². The lowest BCUT2D eigenvalue weighted by Gasteiger charge is -2.21. The maximum absolute atomic E-state index is 13.8. The summed E-state index contributed by atoms with van der Waals surface area (Å²) in [7, 11) is -4.20. The van der Waals surface area contributed by atoms with Crippen molar-refractivity contribution in [2.24, 2.45) is 0 Å². The second-order valence-electron chi connectivity index (χ2n) is 8.83. The van der Waals surface area contributed by atoms with Gasteiger partial charge in [0.1, 0.15) is 5.82 Å². The Morgan fingerprint density at radius 2 is 1.72 bits per heavy atom. The van der Waals surface area contributed by atoms with Crippen LogP contribution in [0.2, 0.25) is 0 Å². The number of aliphatic hydroxyl groups excluding tert-OH is 1. The highest BCUT2D eigenvalue weighted by atomic mass is 31.2. The molecule has 0 aliphatic heterocycles. The number of carboxylic acids is 1. The van der Waals surface area contributed by atoms with Crippen molar-refractivity contribution in [3.63, 3.8) is 0 Å². The largest absolute Gasteiger partial charge is 0.481 e. The lowest BCUT2D eigenvalue weighted by Crippen LogP contribution is -2.17. The van der Waals surface area contributed by atoms with Crippen LogP contribution in [0.15, 0.2) is 54.6 Å². The Balaban J connectivity index is 2.30. The van der Waals surface area contributed by atoms with Crippen molar-refractivity contribution in [3.8, 4) is 34.0 Å². The molecule has 1 aromatic heterocycles. The molecule has 0 saturated carbocycles. The number of benzene rings is 2. The third-order valence-electron chi connectivity index (χ3n) is 5.63. The summed E-state index contributed by atoms with van der Waals surface area (Å²) in [6.07, 6.45) is -2.24. The molecule has 0 bridgehead atoms. The third kappa shape index (κ3) is 6.67. The van der Waals surface area contributed by atoms with E-state index < -0.39 is 37.8 Å². The average molecular weight is 510 g/mol. The smallest absolute Gasteiger partial charge is 0.305 e. The van der Waals surface area contributed by atoms with Crippen molar-refractivity contribution in [3.05, 3.63) is 77.2 Å². The summed E-state index contributed by atoms with van der Waals surface area (Å²) in [5.41, 5.74) is 7.39. The molecule has 0 fully saturated rings. The highest BCUT2D eigenvalue weighted by molar-refractivity contribution is 7.63. The van der Waals surface area contributed by atoms with Gasteiger partial charge in [-0.15, -0.1) is 0 Å². The van der Waals surface area contributed by atoms with E-state index in [1.54, 1.807) is 12.1 Å². The fourth-order valence-corrected chi connectivity index (χ4v) is 5.12. The minimum Gasteiger partial charge on any atom is -0.481 e. The molecule has 188 valence electrons. The minimum absolute atomic E-state index is 0.0995. The van der Waals surface area contributed by atoms with Crippen LogP contribution in [-0.4, -0.2) is 38.3 Å². The van der Waals surface area contributed by atoms with E-state index in [-0.39, 0.29) is 5.92 Å². The van der Waals surface area contributed by atoms with Crippen molar-refractivity contribution in [2.45, 2.75) is 45.6 Å².